The van der Waals surface area contributed by atoms with Crippen LogP contribution in [0.15, 0.2) is 48.5 Å². The van der Waals surface area contributed by atoms with E-state index >= 15 is 0 Å². The van der Waals surface area contributed by atoms with Crippen LogP contribution in [0.4, 0.5) is 11.4 Å². The Balaban J connectivity index is 1.71. The highest BCUT2D eigenvalue weighted by atomic mass is 16.5. The van der Waals surface area contributed by atoms with E-state index in [0.717, 1.165) is 17.9 Å². The van der Waals surface area contributed by atoms with Gasteiger partial charge >= 0.3 is 0 Å². The van der Waals surface area contributed by atoms with Crippen LogP contribution in [0, 0.1) is 0 Å². The SMILES string of the molecule is CCOc1ccc(NC2CC(=O)N(c3ccc(CC)cc3)C2=O)cc1. The van der Waals surface area contributed by atoms with Crippen LogP contribution in [0.25, 0.3) is 0 Å². The summed E-state index contributed by atoms with van der Waals surface area (Å²) in [6, 6.07) is 14.4. The Hall–Kier alpha value is -2.82. The van der Waals surface area contributed by atoms with Gasteiger partial charge in [0.15, 0.2) is 0 Å². The molecular formula is C20H22N2O3. The second-order valence-electron chi connectivity index (χ2n) is 5.95. The lowest BCUT2D eigenvalue weighted by Gasteiger charge is -2.16. The Morgan fingerprint density at radius 1 is 1.04 bits per heavy atom. The molecule has 0 aliphatic carbocycles. The molecule has 0 bridgehead atoms. The van der Waals surface area contributed by atoms with Crippen LogP contribution >= 0.6 is 0 Å². The quantitative estimate of drug-likeness (QED) is 0.820. The zero-order valence-electron chi connectivity index (χ0n) is 14.5. The summed E-state index contributed by atoms with van der Waals surface area (Å²) in [5.74, 6) is 0.375. The molecule has 1 fully saturated rings. The number of hydrogen-bond acceptors (Lipinski definition) is 4. The molecule has 0 saturated carbocycles. The number of nitrogens with one attached hydrogen (secondary N) is 1. The van der Waals surface area contributed by atoms with Gasteiger partial charge in [-0.3, -0.25) is 9.59 Å². The lowest BCUT2D eigenvalue weighted by Crippen LogP contribution is -2.34. The molecule has 25 heavy (non-hydrogen) atoms. The highest BCUT2D eigenvalue weighted by molar-refractivity contribution is 6.23. The predicted molar refractivity (Wildman–Crippen MR) is 98.0 cm³/mol. The molecule has 2 amide bonds. The smallest absolute Gasteiger partial charge is 0.256 e. The Morgan fingerprint density at radius 2 is 1.72 bits per heavy atom. The molecule has 1 aliphatic rings. The fourth-order valence-electron chi connectivity index (χ4n) is 2.91. The topological polar surface area (TPSA) is 58.6 Å². The van der Waals surface area contributed by atoms with Crippen molar-refractivity contribution in [2.45, 2.75) is 32.7 Å². The maximum Gasteiger partial charge on any atom is 0.256 e. The van der Waals surface area contributed by atoms with Crippen LogP contribution in [0.2, 0.25) is 0 Å². The molecule has 0 aromatic heterocycles. The van der Waals surface area contributed by atoms with Crippen LogP contribution in [0.1, 0.15) is 25.8 Å². The number of hydrogen-bond donors (Lipinski definition) is 1. The number of nitrogens with zero attached hydrogens (tertiary/aromatic N) is 1. The molecule has 1 atom stereocenters. The second kappa shape index (κ2) is 7.38. The van der Waals surface area contributed by atoms with E-state index in [4.69, 9.17) is 4.74 Å². The lowest BCUT2D eigenvalue weighted by atomic mass is 10.1. The molecule has 2 aromatic carbocycles. The monoisotopic (exact) mass is 338 g/mol. The van der Waals surface area contributed by atoms with Crippen molar-refractivity contribution in [2.75, 3.05) is 16.8 Å². The number of aryl methyl sites for hydroxylation is 1. The van der Waals surface area contributed by atoms with Crippen molar-refractivity contribution in [1.82, 2.24) is 0 Å². The first-order valence-electron chi connectivity index (χ1n) is 8.57. The molecular weight excluding hydrogens is 316 g/mol. The Kier molecular flexibility index (Phi) is 5.03. The first-order chi connectivity index (χ1) is 12.1. The Bertz CT molecular complexity index is 754. The third kappa shape index (κ3) is 3.65. The summed E-state index contributed by atoms with van der Waals surface area (Å²) in [6.07, 6.45) is 1.08. The van der Waals surface area contributed by atoms with Crippen molar-refractivity contribution >= 4 is 23.2 Å². The van der Waals surface area contributed by atoms with Gasteiger partial charge in [-0.05, 0) is 55.3 Å². The molecule has 1 saturated heterocycles. The largest absolute Gasteiger partial charge is 0.494 e. The van der Waals surface area contributed by atoms with E-state index in [1.807, 2.05) is 55.5 Å². The van der Waals surface area contributed by atoms with Gasteiger partial charge in [0.1, 0.15) is 11.8 Å². The molecule has 0 spiro atoms. The van der Waals surface area contributed by atoms with Gasteiger partial charge in [-0.1, -0.05) is 19.1 Å². The predicted octanol–water partition coefficient (Wildman–Crippen LogP) is 3.39. The summed E-state index contributed by atoms with van der Waals surface area (Å²) in [7, 11) is 0. The molecule has 2 aromatic rings. The summed E-state index contributed by atoms with van der Waals surface area (Å²) < 4.78 is 5.41. The van der Waals surface area contributed by atoms with Crippen molar-refractivity contribution in [3.63, 3.8) is 0 Å². The standard InChI is InChI=1S/C20H22N2O3/c1-3-14-5-9-16(10-6-14)22-19(23)13-18(20(22)24)21-15-7-11-17(12-8-15)25-4-2/h5-12,18,21H,3-4,13H2,1-2H3. The van der Waals surface area contributed by atoms with Crippen LogP contribution < -0.4 is 15.0 Å². The van der Waals surface area contributed by atoms with Gasteiger partial charge < -0.3 is 10.1 Å². The van der Waals surface area contributed by atoms with Crippen LogP contribution in [0.5, 0.6) is 5.75 Å². The number of imide groups is 1. The van der Waals surface area contributed by atoms with Crippen molar-refractivity contribution in [3.8, 4) is 5.75 Å². The maximum absolute atomic E-state index is 12.7. The fourth-order valence-corrected chi connectivity index (χ4v) is 2.91. The molecule has 0 radical (unpaired) electrons. The minimum absolute atomic E-state index is 0.154. The third-order valence-electron chi connectivity index (χ3n) is 4.26. The van der Waals surface area contributed by atoms with Crippen LogP contribution in [-0.4, -0.2) is 24.5 Å². The summed E-state index contributed by atoms with van der Waals surface area (Å²) in [5.41, 5.74) is 2.59. The summed E-state index contributed by atoms with van der Waals surface area (Å²) in [6.45, 7) is 4.60. The highest BCUT2D eigenvalue weighted by Crippen LogP contribution is 2.26. The van der Waals surface area contributed by atoms with E-state index in [9.17, 15) is 9.59 Å². The molecule has 1 N–H and O–H groups in total. The number of benzene rings is 2. The van der Waals surface area contributed by atoms with Gasteiger partial charge in [-0.15, -0.1) is 0 Å². The second-order valence-corrected chi connectivity index (χ2v) is 5.95. The van der Waals surface area contributed by atoms with Crippen LogP contribution in [0.3, 0.4) is 0 Å². The van der Waals surface area contributed by atoms with Gasteiger partial charge in [0, 0.05) is 5.69 Å². The van der Waals surface area contributed by atoms with Gasteiger partial charge in [-0.25, -0.2) is 4.90 Å². The molecule has 130 valence electrons. The molecule has 5 nitrogen and oxygen atoms in total. The van der Waals surface area contributed by atoms with Crippen LogP contribution in [-0.2, 0) is 16.0 Å². The number of rotatable bonds is 6. The molecule has 5 heteroatoms. The average Bonchev–Trinajstić information content (AvgIpc) is 2.90. The number of carbonyl (C=O) groups excluding carboxylic acids is 2. The van der Waals surface area contributed by atoms with Crippen molar-refractivity contribution in [3.05, 3.63) is 54.1 Å². The highest BCUT2D eigenvalue weighted by Gasteiger charge is 2.39. The minimum atomic E-state index is -0.545. The summed E-state index contributed by atoms with van der Waals surface area (Å²) in [5, 5.41) is 3.15. The Morgan fingerprint density at radius 3 is 2.32 bits per heavy atom. The van der Waals surface area contributed by atoms with E-state index in [1.54, 1.807) is 0 Å². The van der Waals surface area contributed by atoms with E-state index in [0.29, 0.717) is 12.3 Å². The first kappa shape index (κ1) is 17.0. The van der Waals surface area contributed by atoms with Crippen molar-refractivity contribution in [2.24, 2.45) is 0 Å². The van der Waals surface area contributed by atoms with Gasteiger partial charge in [0.05, 0.1) is 18.7 Å². The molecule has 1 aliphatic heterocycles. The average molecular weight is 338 g/mol. The zero-order chi connectivity index (χ0) is 17.8. The first-order valence-corrected chi connectivity index (χ1v) is 8.57. The van der Waals surface area contributed by atoms with Crippen molar-refractivity contribution < 1.29 is 14.3 Å². The van der Waals surface area contributed by atoms with Gasteiger partial charge in [0.25, 0.3) is 5.91 Å². The normalized spacial score (nSPS) is 17.0. The minimum Gasteiger partial charge on any atom is -0.494 e. The maximum atomic E-state index is 12.7. The molecule has 1 unspecified atom stereocenters. The Labute approximate surface area is 147 Å². The van der Waals surface area contributed by atoms with Gasteiger partial charge in [-0.2, -0.15) is 0 Å². The summed E-state index contributed by atoms with van der Waals surface area (Å²) in [4.78, 5) is 26.3. The van der Waals surface area contributed by atoms with E-state index in [-0.39, 0.29) is 18.2 Å². The lowest BCUT2D eigenvalue weighted by molar-refractivity contribution is -0.121. The number of anilines is 2. The third-order valence-corrected chi connectivity index (χ3v) is 4.26. The number of ether oxygens (including phenoxy) is 1. The number of carbonyl (C=O) groups is 2. The van der Waals surface area contributed by atoms with E-state index < -0.39 is 6.04 Å². The molecule has 3 rings (SSSR count). The fraction of sp³-hybridized carbons (Fsp3) is 0.300. The zero-order valence-corrected chi connectivity index (χ0v) is 14.5. The van der Waals surface area contributed by atoms with Crippen molar-refractivity contribution in [1.29, 1.82) is 0 Å². The van der Waals surface area contributed by atoms with E-state index in [2.05, 4.69) is 12.2 Å². The molecule has 1 heterocycles. The summed E-state index contributed by atoms with van der Waals surface area (Å²) >= 11 is 0. The van der Waals surface area contributed by atoms with E-state index in [1.165, 1.54) is 10.5 Å². The van der Waals surface area contributed by atoms with Gasteiger partial charge in [0.2, 0.25) is 5.91 Å². The number of amides is 2.